The Morgan fingerprint density at radius 3 is 2.59 bits per heavy atom. The molecule has 1 aromatic heterocycles. The smallest absolute Gasteiger partial charge is 0.307 e. The minimum atomic E-state index is -0.935. The highest BCUT2D eigenvalue weighted by Gasteiger charge is 2.19. The minimum absolute atomic E-state index is 0.0145. The molecule has 2 aromatic carbocycles. The van der Waals surface area contributed by atoms with Crippen LogP contribution in [0.1, 0.15) is 24.7 Å². The van der Waals surface area contributed by atoms with E-state index in [1.54, 1.807) is 31.3 Å². The average Bonchev–Trinajstić information content (AvgIpc) is 2.71. The van der Waals surface area contributed by atoms with Gasteiger partial charge in [-0.2, -0.15) is 0 Å². The summed E-state index contributed by atoms with van der Waals surface area (Å²) in [6.07, 6.45) is -0.683. The summed E-state index contributed by atoms with van der Waals surface area (Å²) in [6.45, 7) is 3.41. The van der Waals surface area contributed by atoms with E-state index >= 15 is 0 Å². The maximum absolute atomic E-state index is 12.4. The number of amides is 1. The molecule has 0 fully saturated rings. The molecule has 0 aliphatic carbocycles. The van der Waals surface area contributed by atoms with Crippen molar-refractivity contribution >= 4 is 28.5 Å². The third-order valence-electron chi connectivity index (χ3n) is 4.71. The van der Waals surface area contributed by atoms with E-state index in [1.807, 2.05) is 31.2 Å². The van der Waals surface area contributed by atoms with Gasteiger partial charge in [0.2, 0.25) is 0 Å². The number of carbonyl (C=O) groups excluding carboxylic acids is 2. The number of aryl methyl sites for hydroxylation is 2. The van der Waals surface area contributed by atoms with Crippen LogP contribution in [0, 0.1) is 6.92 Å². The lowest BCUT2D eigenvalue weighted by Gasteiger charge is -2.15. The van der Waals surface area contributed by atoms with E-state index in [0.29, 0.717) is 22.4 Å². The number of carbonyl (C=O) groups is 2. The molecule has 7 nitrogen and oxygen atoms in total. The van der Waals surface area contributed by atoms with Gasteiger partial charge < -0.3 is 10.1 Å². The van der Waals surface area contributed by atoms with Crippen molar-refractivity contribution in [2.75, 3.05) is 5.32 Å². The molecule has 0 saturated carbocycles. The summed E-state index contributed by atoms with van der Waals surface area (Å²) >= 11 is 0. The number of fused-ring (bicyclic) bond motifs is 1. The van der Waals surface area contributed by atoms with Crippen LogP contribution in [0.15, 0.2) is 53.3 Å². The van der Waals surface area contributed by atoms with E-state index in [4.69, 9.17) is 4.74 Å². The van der Waals surface area contributed by atoms with Gasteiger partial charge in [-0.15, -0.1) is 0 Å². The van der Waals surface area contributed by atoms with Crippen LogP contribution in [0.5, 0.6) is 0 Å². The van der Waals surface area contributed by atoms with Crippen molar-refractivity contribution < 1.29 is 14.3 Å². The zero-order chi connectivity index (χ0) is 21.0. The predicted molar refractivity (Wildman–Crippen MR) is 111 cm³/mol. The zero-order valence-corrected chi connectivity index (χ0v) is 16.6. The fourth-order valence-corrected chi connectivity index (χ4v) is 2.96. The summed E-state index contributed by atoms with van der Waals surface area (Å²) in [5.74, 6) is -0.439. The van der Waals surface area contributed by atoms with Crippen LogP contribution in [0.2, 0.25) is 0 Å². The lowest BCUT2D eigenvalue weighted by atomic mass is 10.2. The molecule has 0 aliphatic heterocycles. The highest BCUT2D eigenvalue weighted by atomic mass is 16.5. The number of benzene rings is 2. The van der Waals surface area contributed by atoms with E-state index in [-0.39, 0.29) is 18.4 Å². The molecule has 3 rings (SSSR count). The Kier molecular flexibility index (Phi) is 6.07. The van der Waals surface area contributed by atoms with Gasteiger partial charge in [0, 0.05) is 19.2 Å². The number of esters is 1. The molecule has 7 heteroatoms. The van der Waals surface area contributed by atoms with Crippen molar-refractivity contribution in [2.45, 2.75) is 32.8 Å². The van der Waals surface area contributed by atoms with Crippen LogP contribution < -0.4 is 10.9 Å². The lowest BCUT2D eigenvalue weighted by molar-refractivity contribution is -0.153. The van der Waals surface area contributed by atoms with Crippen molar-refractivity contribution in [1.29, 1.82) is 0 Å². The average molecular weight is 393 g/mol. The molecule has 1 N–H and O–H groups in total. The second kappa shape index (κ2) is 8.68. The molecule has 0 radical (unpaired) electrons. The summed E-state index contributed by atoms with van der Waals surface area (Å²) < 4.78 is 6.67. The molecule has 1 unspecified atom stereocenters. The number of aromatic nitrogens is 2. The molecule has 0 aliphatic rings. The van der Waals surface area contributed by atoms with E-state index in [2.05, 4.69) is 10.3 Å². The molecule has 0 saturated heterocycles. The molecule has 29 heavy (non-hydrogen) atoms. The number of para-hydroxylation sites is 2. The predicted octanol–water partition coefficient (Wildman–Crippen LogP) is 2.74. The topological polar surface area (TPSA) is 90.3 Å². The minimum Gasteiger partial charge on any atom is -0.453 e. The van der Waals surface area contributed by atoms with Gasteiger partial charge in [0.25, 0.3) is 11.5 Å². The first-order valence-electron chi connectivity index (χ1n) is 9.37. The Balaban J connectivity index is 1.60. The summed E-state index contributed by atoms with van der Waals surface area (Å²) in [7, 11) is 1.63. The fraction of sp³-hybridized carbons (Fsp3) is 0.273. The zero-order valence-electron chi connectivity index (χ0n) is 16.6. The lowest BCUT2D eigenvalue weighted by Crippen LogP contribution is -2.30. The van der Waals surface area contributed by atoms with Crippen molar-refractivity contribution in [1.82, 2.24) is 9.55 Å². The fourth-order valence-electron chi connectivity index (χ4n) is 2.96. The first kappa shape index (κ1) is 20.3. The largest absolute Gasteiger partial charge is 0.453 e. The highest BCUT2D eigenvalue weighted by molar-refractivity contribution is 5.95. The number of anilines is 1. The molecule has 1 heterocycles. The van der Waals surface area contributed by atoms with Crippen molar-refractivity contribution in [3.63, 3.8) is 0 Å². The van der Waals surface area contributed by atoms with E-state index in [0.717, 1.165) is 5.56 Å². The molecule has 150 valence electrons. The van der Waals surface area contributed by atoms with Crippen LogP contribution in [0.3, 0.4) is 0 Å². The summed E-state index contributed by atoms with van der Waals surface area (Å²) in [5.41, 5.74) is 2.02. The Labute approximate surface area is 168 Å². The van der Waals surface area contributed by atoms with Gasteiger partial charge in [-0.05, 0) is 37.6 Å². The molecule has 0 bridgehead atoms. The Bertz CT molecular complexity index is 1120. The normalized spacial score (nSPS) is 11.8. The van der Waals surface area contributed by atoms with E-state index < -0.39 is 18.0 Å². The van der Waals surface area contributed by atoms with Gasteiger partial charge in [-0.3, -0.25) is 19.0 Å². The monoisotopic (exact) mass is 393 g/mol. The molecule has 0 spiro atoms. The van der Waals surface area contributed by atoms with Crippen LogP contribution in [0.25, 0.3) is 10.9 Å². The van der Waals surface area contributed by atoms with Crippen LogP contribution in [-0.4, -0.2) is 27.5 Å². The quantitative estimate of drug-likeness (QED) is 0.651. The molecular formula is C22H23N3O4. The summed E-state index contributed by atoms with van der Waals surface area (Å²) in [4.78, 5) is 41.3. The van der Waals surface area contributed by atoms with Gasteiger partial charge in [-0.1, -0.05) is 30.3 Å². The second-order valence-electron chi connectivity index (χ2n) is 6.85. The van der Waals surface area contributed by atoms with E-state index in [9.17, 15) is 14.4 Å². The maximum Gasteiger partial charge on any atom is 0.307 e. The molecule has 1 amide bonds. The molecule has 1 atom stereocenters. The number of nitrogens with zero attached hydrogens (tertiary/aromatic N) is 2. The van der Waals surface area contributed by atoms with E-state index in [1.165, 1.54) is 11.5 Å². The highest BCUT2D eigenvalue weighted by Crippen LogP contribution is 2.14. The maximum atomic E-state index is 12.4. The van der Waals surface area contributed by atoms with Gasteiger partial charge >= 0.3 is 5.97 Å². The standard InChI is InChI=1S/C22H23N3O4/c1-14-8-4-6-10-17(14)24-21(27)15(2)29-20(26)13-12-19-23-18-11-7-5-9-16(18)22(28)25(19)3/h4-11,15H,12-13H2,1-3H3,(H,24,27). The third-order valence-corrected chi connectivity index (χ3v) is 4.71. The second-order valence-corrected chi connectivity index (χ2v) is 6.85. The number of hydrogen-bond donors (Lipinski definition) is 1. The van der Waals surface area contributed by atoms with Crippen molar-refractivity contribution in [3.05, 3.63) is 70.3 Å². The molecule has 3 aromatic rings. The number of ether oxygens (including phenoxy) is 1. The number of rotatable bonds is 6. The van der Waals surface area contributed by atoms with Gasteiger partial charge in [0.15, 0.2) is 6.10 Å². The summed E-state index contributed by atoms with van der Waals surface area (Å²) in [5, 5.41) is 3.28. The summed E-state index contributed by atoms with van der Waals surface area (Å²) in [6, 6.07) is 14.4. The SMILES string of the molecule is Cc1ccccc1NC(=O)C(C)OC(=O)CCc1nc2ccccc2c(=O)n1C. The van der Waals surface area contributed by atoms with Crippen LogP contribution in [0.4, 0.5) is 5.69 Å². The Hall–Kier alpha value is -3.48. The first-order valence-corrected chi connectivity index (χ1v) is 9.37. The van der Waals surface area contributed by atoms with Gasteiger partial charge in [0.05, 0.1) is 17.3 Å². The van der Waals surface area contributed by atoms with Crippen molar-refractivity contribution in [3.8, 4) is 0 Å². The van der Waals surface area contributed by atoms with Gasteiger partial charge in [-0.25, -0.2) is 4.98 Å². The molecular weight excluding hydrogens is 370 g/mol. The first-order chi connectivity index (χ1) is 13.9. The Morgan fingerprint density at radius 2 is 1.83 bits per heavy atom. The third kappa shape index (κ3) is 4.68. The van der Waals surface area contributed by atoms with Gasteiger partial charge in [0.1, 0.15) is 5.82 Å². The van der Waals surface area contributed by atoms with Crippen LogP contribution in [-0.2, 0) is 27.8 Å². The van der Waals surface area contributed by atoms with Crippen molar-refractivity contribution in [2.24, 2.45) is 7.05 Å². The number of nitrogens with one attached hydrogen (secondary N) is 1. The Morgan fingerprint density at radius 1 is 1.14 bits per heavy atom. The van der Waals surface area contributed by atoms with Crippen LogP contribution >= 0.6 is 0 Å². The number of hydrogen-bond acceptors (Lipinski definition) is 5.